The van der Waals surface area contributed by atoms with Crippen molar-refractivity contribution in [3.63, 3.8) is 0 Å². The molecule has 0 spiro atoms. The number of ether oxygens (including phenoxy) is 1. The predicted octanol–water partition coefficient (Wildman–Crippen LogP) is 3.48. The first kappa shape index (κ1) is 16.7. The van der Waals surface area contributed by atoms with Crippen LogP contribution in [0.2, 0.25) is 0 Å². The minimum absolute atomic E-state index is 0.0572. The van der Waals surface area contributed by atoms with Gasteiger partial charge in [-0.3, -0.25) is 4.79 Å². The van der Waals surface area contributed by atoms with Gasteiger partial charge in [-0.1, -0.05) is 55.3 Å². The van der Waals surface area contributed by atoms with Gasteiger partial charge in [0.25, 0.3) is 5.91 Å². The van der Waals surface area contributed by atoms with Gasteiger partial charge in [0.2, 0.25) is 0 Å². The van der Waals surface area contributed by atoms with E-state index in [2.05, 4.69) is 17.5 Å². The Bertz CT molecular complexity index is 646. The summed E-state index contributed by atoms with van der Waals surface area (Å²) in [5, 5.41) is 3.92. The topological polar surface area (TPSA) is 50.7 Å². The average molecular weight is 310 g/mol. The number of hydrogen-bond donors (Lipinski definition) is 1. The number of rotatable bonds is 7. The Hall–Kier alpha value is -2.62. The van der Waals surface area contributed by atoms with E-state index >= 15 is 0 Å². The number of benzene rings is 2. The van der Waals surface area contributed by atoms with E-state index in [-0.39, 0.29) is 12.5 Å². The largest absolute Gasteiger partial charge is 0.484 e. The van der Waals surface area contributed by atoms with Crippen LogP contribution in [0.5, 0.6) is 5.75 Å². The van der Waals surface area contributed by atoms with E-state index in [1.165, 1.54) is 11.1 Å². The summed E-state index contributed by atoms with van der Waals surface area (Å²) in [5.74, 6) is 0.397. The highest BCUT2D eigenvalue weighted by atomic mass is 16.5. The molecule has 0 unspecified atom stereocenters. The van der Waals surface area contributed by atoms with Crippen molar-refractivity contribution in [3.05, 3.63) is 65.2 Å². The van der Waals surface area contributed by atoms with E-state index in [1.807, 2.05) is 55.5 Å². The molecule has 0 aliphatic carbocycles. The third kappa shape index (κ3) is 5.94. The first-order valence-corrected chi connectivity index (χ1v) is 7.77. The molecule has 1 amide bonds. The van der Waals surface area contributed by atoms with E-state index < -0.39 is 0 Å². The van der Waals surface area contributed by atoms with Crippen molar-refractivity contribution in [3.8, 4) is 5.75 Å². The van der Waals surface area contributed by atoms with Gasteiger partial charge in [0.1, 0.15) is 5.75 Å². The van der Waals surface area contributed by atoms with Crippen molar-refractivity contribution < 1.29 is 9.53 Å². The lowest BCUT2D eigenvalue weighted by Gasteiger charge is -2.06. The van der Waals surface area contributed by atoms with Crippen LogP contribution in [0, 0.1) is 6.92 Å². The fourth-order valence-electron chi connectivity index (χ4n) is 2.05. The zero-order valence-corrected chi connectivity index (χ0v) is 13.6. The van der Waals surface area contributed by atoms with E-state index in [4.69, 9.17) is 4.74 Å². The van der Waals surface area contributed by atoms with E-state index in [1.54, 1.807) is 6.21 Å². The molecule has 23 heavy (non-hydrogen) atoms. The highest BCUT2D eigenvalue weighted by molar-refractivity contribution is 5.82. The summed E-state index contributed by atoms with van der Waals surface area (Å²) in [4.78, 5) is 11.7. The molecular formula is C19H22N2O2. The molecule has 0 atom stereocenters. The lowest BCUT2D eigenvalue weighted by atomic mass is 10.1. The molecule has 0 fully saturated rings. The third-order valence-corrected chi connectivity index (χ3v) is 3.31. The molecule has 2 aromatic rings. The van der Waals surface area contributed by atoms with Crippen molar-refractivity contribution >= 4 is 12.1 Å². The molecule has 120 valence electrons. The predicted molar refractivity (Wildman–Crippen MR) is 92.8 cm³/mol. The van der Waals surface area contributed by atoms with Gasteiger partial charge < -0.3 is 4.74 Å². The Morgan fingerprint density at radius 1 is 1.13 bits per heavy atom. The van der Waals surface area contributed by atoms with Gasteiger partial charge >= 0.3 is 0 Å². The van der Waals surface area contributed by atoms with Crippen LogP contribution in [0.4, 0.5) is 0 Å². The molecule has 4 heteroatoms. The van der Waals surface area contributed by atoms with Crippen molar-refractivity contribution in [1.82, 2.24) is 5.43 Å². The number of carbonyl (C=O) groups excluding carboxylic acids is 1. The number of nitrogens with zero attached hydrogens (tertiary/aromatic N) is 1. The number of hydrazone groups is 1. The molecule has 2 rings (SSSR count). The van der Waals surface area contributed by atoms with Gasteiger partial charge in [0.05, 0.1) is 6.21 Å². The fourth-order valence-corrected chi connectivity index (χ4v) is 2.05. The van der Waals surface area contributed by atoms with Gasteiger partial charge in [-0.05, 0) is 36.6 Å². The molecule has 0 radical (unpaired) electrons. The summed E-state index contributed by atoms with van der Waals surface area (Å²) in [6.45, 7) is 4.11. The van der Waals surface area contributed by atoms with Crippen LogP contribution in [-0.2, 0) is 11.2 Å². The zero-order chi connectivity index (χ0) is 16.5. The van der Waals surface area contributed by atoms with Crippen molar-refractivity contribution in [2.75, 3.05) is 6.61 Å². The van der Waals surface area contributed by atoms with E-state index in [0.29, 0.717) is 5.75 Å². The molecule has 0 saturated carbocycles. The standard InChI is InChI=1S/C19H22N2O2/c1-3-4-16-9-11-18(12-10-16)23-14-19(22)21-20-13-17-7-5-15(2)6-8-17/h5-13H,3-4,14H2,1-2H3,(H,21,22)/b20-13-. The minimum atomic E-state index is -0.286. The second-order valence-corrected chi connectivity index (χ2v) is 5.39. The second kappa shape index (κ2) is 8.73. The number of hydrogen-bond acceptors (Lipinski definition) is 3. The molecule has 2 aromatic carbocycles. The molecule has 0 saturated heterocycles. The van der Waals surface area contributed by atoms with Crippen LogP contribution in [-0.4, -0.2) is 18.7 Å². The maximum atomic E-state index is 11.7. The van der Waals surface area contributed by atoms with E-state index in [9.17, 15) is 4.79 Å². The van der Waals surface area contributed by atoms with Gasteiger partial charge in [0, 0.05) is 0 Å². The Labute approximate surface area is 137 Å². The molecular weight excluding hydrogens is 288 g/mol. The molecule has 0 heterocycles. The molecule has 0 aromatic heterocycles. The van der Waals surface area contributed by atoms with Crippen LogP contribution in [0.1, 0.15) is 30.0 Å². The van der Waals surface area contributed by atoms with Gasteiger partial charge in [-0.25, -0.2) is 5.43 Å². The zero-order valence-electron chi connectivity index (χ0n) is 13.6. The van der Waals surface area contributed by atoms with Crippen LogP contribution in [0.25, 0.3) is 0 Å². The fraction of sp³-hybridized carbons (Fsp3) is 0.263. The molecule has 1 N–H and O–H groups in total. The highest BCUT2D eigenvalue weighted by Crippen LogP contribution is 2.13. The average Bonchev–Trinajstić information content (AvgIpc) is 2.56. The van der Waals surface area contributed by atoms with Crippen LogP contribution in [0.3, 0.4) is 0 Å². The van der Waals surface area contributed by atoms with Crippen molar-refractivity contribution in [1.29, 1.82) is 0 Å². The Kier molecular flexibility index (Phi) is 6.36. The molecule has 0 aliphatic rings. The molecule has 0 aliphatic heterocycles. The monoisotopic (exact) mass is 310 g/mol. The van der Waals surface area contributed by atoms with Crippen LogP contribution in [0.15, 0.2) is 53.6 Å². The lowest BCUT2D eigenvalue weighted by Crippen LogP contribution is -2.24. The van der Waals surface area contributed by atoms with E-state index in [0.717, 1.165) is 18.4 Å². The van der Waals surface area contributed by atoms with Gasteiger partial charge in [-0.15, -0.1) is 0 Å². The van der Waals surface area contributed by atoms with Crippen LogP contribution >= 0.6 is 0 Å². The molecule has 4 nitrogen and oxygen atoms in total. The Morgan fingerprint density at radius 2 is 1.83 bits per heavy atom. The maximum Gasteiger partial charge on any atom is 0.277 e. The summed E-state index contributed by atoms with van der Waals surface area (Å²) in [5.41, 5.74) is 5.84. The van der Waals surface area contributed by atoms with Crippen molar-refractivity contribution in [2.45, 2.75) is 26.7 Å². The summed E-state index contributed by atoms with van der Waals surface area (Å²) in [6, 6.07) is 15.7. The summed E-state index contributed by atoms with van der Waals surface area (Å²) in [7, 11) is 0. The second-order valence-electron chi connectivity index (χ2n) is 5.39. The number of amides is 1. The van der Waals surface area contributed by atoms with Crippen molar-refractivity contribution in [2.24, 2.45) is 5.10 Å². The summed E-state index contributed by atoms with van der Waals surface area (Å²) < 4.78 is 5.43. The summed E-state index contributed by atoms with van der Waals surface area (Å²) in [6.07, 6.45) is 3.77. The Morgan fingerprint density at radius 3 is 2.48 bits per heavy atom. The minimum Gasteiger partial charge on any atom is -0.484 e. The first-order valence-electron chi connectivity index (χ1n) is 7.77. The SMILES string of the molecule is CCCc1ccc(OCC(=O)N/N=C\c2ccc(C)cc2)cc1. The smallest absolute Gasteiger partial charge is 0.277 e. The number of carbonyl (C=O) groups is 1. The normalized spacial score (nSPS) is 10.7. The first-order chi connectivity index (χ1) is 11.2. The van der Waals surface area contributed by atoms with Crippen LogP contribution < -0.4 is 10.2 Å². The number of nitrogens with one attached hydrogen (secondary N) is 1. The maximum absolute atomic E-state index is 11.7. The van der Waals surface area contributed by atoms with Gasteiger partial charge in [-0.2, -0.15) is 5.10 Å². The van der Waals surface area contributed by atoms with Gasteiger partial charge in [0.15, 0.2) is 6.61 Å². The third-order valence-electron chi connectivity index (χ3n) is 3.31. The lowest BCUT2D eigenvalue weighted by molar-refractivity contribution is -0.123. The Balaban J connectivity index is 1.75. The quantitative estimate of drug-likeness (QED) is 0.629. The molecule has 0 bridgehead atoms. The highest BCUT2D eigenvalue weighted by Gasteiger charge is 2.01. The summed E-state index contributed by atoms with van der Waals surface area (Å²) >= 11 is 0. The number of aryl methyl sites for hydroxylation is 2.